The Morgan fingerprint density at radius 1 is 0.744 bits per heavy atom. The summed E-state index contributed by atoms with van der Waals surface area (Å²) in [6.45, 7) is 0. The number of benzene rings is 4. The molecule has 0 aromatic heterocycles. The van der Waals surface area contributed by atoms with E-state index < -0.39 is 31.8 Å². The topological polar surface area (TPSA) is 131 Å². The van der Waals surface area contributed by atoms with Gasteiger partial charge in [-0.3, -0.25) is 14.2 Å². The summed E-state index contributed by atoms with van der Waals surface area (Å²) in [6.07, 6.45) is 0. The van der Waals surface area contributed by atoms with Crippen molar-refractivity contribution in [3.8, 4) is 5.75 Å². The number of rotatable bonds is 9. The zero-order chi connectivity index (χ0) is 28.2. The maximum absolute atomic E-state index is 13.2. The average molecular weight is 590 g/mol. The smallest absolute Gasteiger partial charge is 0.262 e. The lowest BCUT2D eigenvalue weighted by Crippen LogP contribution is -2.19. The highest BCUT2D eigenvalue weighted by molar-refractivity contribution is 7.93. The zero-order valence-corrected chi connectivity index (χ0v) is 22.6. The Balaban J connectivity index is 1.60. The molecule has 1 amide bonds. The van der Waals surface area contributed by atoms with Crippen LogP contribution in [-0.4, -0.2) is 29.9 Å². The summed E-state index contributed by atoms with van der Waals surface area (Å²) < 4.78 is 74.8. The van der Waals surface area contributed by atoms with Gasteiger partial charge in [0.05, 0.1) is 44.5 Å². The highest BCUT2D eigenvalue weighted by Gasteiger charge is 2.21. The zero-order valence-electron chi connectivity index (χ0n) is 20.2. The lowest BCUT2D eigenvalue weighted by Gasteiger charge is -2.15. The van der Waals surface area contributed by atoms with E-state index in [2.05, 4.69) is 14.8 Å². The van der Waals surface area contributed by atoms with Crippen molar-refractivity contribution >= 4 is 54.6 Å². The van der Waals surface area contributed by atoms with E-state index in [9.17, 15) is 26.0 Å². The van der Waals surface area contributed by atoms with Gasteiger partial charge >= 0.3 is 0 Å². The number of halogens is 2. The summed E-state index contributed by atoms with van der Waals surface area (Å²) >= 11 is 6.23. The number of para-hydroxylation sites is 3. The first kappa shape index (κ1) is 27.9. The molecule has 0 saturated carbocycles. The van der Waals surface area contributed by atoms with Crippen molar-refractivity contribution in [3.63, 3.8) is 0 Å². The Kier molecular flexibility index (Phi) is 8.09. The number of hydrogen-bond acceptors (Lipinski definition) is 6. The van der Waals surface area contributed by atoms with Crippen LogP contribution in [0.15, 0.2) is 101 Å². The number of anilines is 3. The van der Waals surface area contributed by atoms with Gasteiger partial charge in [-0.05, 0) is 66.7 Å². The van der Waals surface area contributed by atoms with E-state index >= 15 is 0 Å². The number of methoxy groups -OCH3 is 1. The number of carbonyl (C=O) groups is 1. The van der Waals surface area contributed by atoms with Crippen molar-refractivity contribution in [3.05, 3.63) is 107 Å². The lowest BCUT2D eigenvalue weighted by molar-refractivity contribution is 0.102. The van der Waals surface area contributed by atoms with Crippen LogP contribution >= 0.6 is 11.6 Å². The van der Waals surface area contributed by atoms with Gasteiger partial charge in [-0.25, -0.2) is 21.2 Å². The molecule has 0 heterocycles. The Morgan fingerprint density at radius 3 is 2.00 bits per heavy atom. The molecule has 3 N–H and O–H groups in total. The van der Waals surface area contributed by atoms with Crippen LogP contribution in [0.1, 0.15) is 10.4 Å². The summed E-state index contributed by atoms with van der Waals surface area (Å²) in [7, 11) is -6.86. The van der Waals surface area contributed by atoms with Crippen molar-refractivity contribution in [2.75, 3.05) is 21.9 Å². The molecule has 0 atom stereocenters. The fraction of sp³-hybridized carbons (Fsp3) is 0.0385. The normalized spacial score (nSPS) is 11.5. The molecule has 0 fully saturated rings. The Morgan fingerprint density at radius 2 is 1.31 bits per heavy atom. The third kappa shape index (κ3) is 6.48. The molecule has 0 aliphatic carbocycles. The number of ether oxygens (including phenoxy) is 1. The molecule has 4 aromatic carbocycles. The summed E-state index contributed by atoms with van der Waals surface area (Å²) in [6, 6.07) is 20.1. The predicted molar refractivity (Wildman–Crippen MR) is 147 cm³/mol. The van der Waals surface area contributed by atoms with Crippen molar-refractivity contribution in [2.45, 2.75) is 9.79 Å². The Hall–Kier alpha value is -4.13. The van der Waals surface area contributed by atoms with Crippen LogP contribution in [0.5, 0.6) is 5.75 Å². The van der Waals surface area contributed by atoms with E-state index in [0.717, 1.165) is 24.3 Å². The van der Waals surface area contributed by atoms with E-state index in [0.29, 0.717) is 5.75 Å². The Labute approximate surface area is 229 Å². The van der Waals surface area contributed by atoms with E-state index in [-0.39, 0.29) is 37.4 Å². The van der Waals surface area contributed by atoms with Crippen molar-refractivity contribution in [1.82, 2.24) is 0 Å². The van der Waals surface area contributed by atoms with Crippen molar-refractivity contribution in [2.24, 2.45) is 0 Å². The molecule has 202 valence electrons. The second-order valence-corrected chi connectivity index (χ2v) is 11.8. The van der Waals surface area contributed by atoms with Crippen molar-refractivity contribution < 1.29 is 30.8 Å². The van der Waals surface area contributed by atoms with Gasteiger partial charge in [0.2, 0.25) is 0 Å². The molecule has 9 nitrogen and oxygen atoms in total. The van der Waals surface area contributed by atoms with Crippen LogP contribution in [0.25, 0.3) is 0 Å². The monoisotopic (exact) mass is 589 g/mol. The molecule has 0 bridgehead atoms. The summed E-state index contributed by atoms with van der Waals surface area (Å²) in [5, 5.41) is 2.57. The summed E-state index contributed by atoms with van der Waals surface area (Å²) in [4.78, 5) is 12.8. The largest absolute Gasteiger partial charge is 0.495 e. The maximum atomic E-state index is 13.2. The molecule has 0 aliphatic rings. The van der Waals surface area contributed by atoms with Crippen LogP contribution in [0.2, 0.25) is 5.02 Å². The quantitative estimate of drug-likeness (QED) is 0.241. The third-order valence-corrected chi connectivity index (χ3v) is 8.46. The fourth-order valence-corrected chi connectivity index (χ4v) is 5.82. The molecule has 39 heavy (non-hydrogen) atoms. The van der Waals surface area contributed by atoms with Gasteiger partial charge in [0.25, 0.3) is 26.0 Å². The molecule has 0 saturated heterocycles. The van der Waals surface area contributed by atoms with Crippen LogP contribution in [0.4, 0.5) is 21.5 Å². The van der Waals surface area contributed by atoms with E-state index in [4.69, 9.17) is 16.3 Å². The second-order valence-electron chi connectivity index (χ2n) is 8.01. The lowest BCUT2D eigenvalue weighted by atomic mass is 10.1. The highest BCUT2D eigenvalue weighted by Crippen LogP contribution is 2.30. The molecule has 0 radical (unpaired) electrons. The van der Waals surface area contributed by atoms with E-state index in [1.165, 1.54) is 55.6 Å². The third-order valence-electron chi connectivity index (χ3n) is 5.39. The SMILES string of the molecule is COc1ccccc1NS(=O)(=O)c1ccc(Cl)c(NC(=O)c2ccccc2NS(=O)(=O)c2ccc(F)cc2)c1. The van der Waals surface area contributed by atoms with Crippen LogP contribution in [-0.2, 0) is 20.0 Å². The minimum atomic E-state index is -4.15. The molecule has 0 aliphatic heterocycles. The van der Waals surface area contributed by atoms with Gasteiger partial charge in [-0.15, -0.1) is 0 Å². The number of nitrogens with one attached hydrogen (secondary N) is 3. The van der Waals surface area contributed by atoms with Crippen LogP contribution in [0, 0.1) is 5.82 Å². The predicted octanol–water partition coefficient (Wildman–Crippen LogP) is 5.34. The van der Waals surface area contributed by atoms with Gasteiger partial charge < -0.3 is 10.1 Å². The van der Waals surface area contributed by atoms with Gasteiger partial charge in [0.15, 0.2) is 0 Å². The first-order valence-electron chi connectivity index (χ1n) is 11.1. The molecular weight excluding hydrogens is 569 g/mol. The number of carbonyl (C=O) groups excluding carboxylic acids is 1. The molecule has 4 rings (SSSR count). The fourth-order valence-electron chi connectivity index (χ4n) is 3.48. The standard InChI is InChI=1S/C26H21ClFN3O6S2/c1-37-25-9-5-4-8-23(25)31-39(35,36)19-14-15-21(27)24(16-19)29-26(32)20-6-2-3-7-22(20)30-38(33,34)18-12-10-17(28)11-13-18/h2-16,30-31H,1H3,(H,29,32). The number of sulfonamides is 2. The van der Waals surface area contributed by atoms with E-state index in [1.807, 2.05) is 0 Å². The van der Waals surface area contributed by atoms with E-state index in [1.54, 1.807) is 18.2 Å². The van der Waals surface area contributed by atoms with Gasteiger partial charge in [0.1, 0.15) is 11.6 Å². The minimum Gasteiger partial charge on any atom is -0.495 e. The first-order chi connectivity index (χ1) is 18.5. The molecule has 0 spiro atoms. The molecule has 13 heteroatoms. The highest BCUT2D eigenvalue weighted by atomic mass is 35.5. The van der Waals surface area contributed by atoms with Gasteiger partial charge in [-0.2, -0.15) is 0 Å². The maximum Gasteiger partial charge on any atom is 0.262 e. The van der Waals surface area contributed by atoms with Crippen LogP contribution < -0.4 is 19.5 Å². The molecular formula is C26H21ClFN3O6S2. The molecule has 4 aromatic rings. The average Bonchev–Trinajstić information content (AvgIpc) is 2.90. The Bertz CT molecular complexity index is 1750. The molecule has 0 unspecified atom stereocenters. The second kappa shape index (κ2) is 11.3. The first-order valence-corrected chi connectivity index (χ1v) is 14.5. The van der Waals surface area contributed by atoms with Crippen molar-refractivity contribution in [1.29, 1.82) is 0 Å². The number of amides is 1. The summed E-state index contributed by atoms with van der Waals surface area (Å²) in [5.41, 5.74) is 0.0559. The van der Waals surface area contributed by atoms with Gasteiger partial charge in [0, 0.05) is 0 Å². The number of hydrogen-bond donors (Lipinski definition) is 3. The van der Waals surface area contributed by atoms with Gasteiger partial charge in [-0.1, -0.05) is 35.9 Å². The summed E-state index contributed by atoms with van der Waals surface area (Å²) in [5.74, 6) is -1.06. The van der Waals surface area contributed by atoms with Crippen LogP contribution in [0.3, 0.4) is 0 Å². The minimum absolute atomic E-state index is 0.0271.